The Hall–Kier alpha value is -3.00. The van der Waals surface area contributed by atoms with Gasteiger partial charge in [-0.15, -0.1) is 0 Å². The van der Waals surface area contributed by atoms with Crippen molar-refractivity contribution in [2.45, 2.75) is 55.6 Å². The van der Waals surface area contributed by atoms with Crippen LogP contribution in [-0.2, 0) is 30.4 Å². The molecule has 0 spiro atoms. The lowest BCUT2D eigenvalue weighted by molar-refractivity contribution is -0.142. The average Bonchev–Trinajstić information content (AvgIpc) is 3.22. The fraction of sp³-hybridized carbons (Fsp3) is 0.556. The van der Waals surface area contributed by atoms with Gasteiger partial charge in [0.05, 0.1) is 12.4 Å². The number of rotatable bonds is 14. The molecule has 178 valence electrons. The number of hydrogen-bond donors (Lipinski definition) is 7. The Balaban J connectivity index is 2.69. The zero-order chi connectivity index (χ0) is 24.3. The highest BCUT2D eigenvalue weighted by Crippen LogP contribution is 2.05. The largest absolute Gasteiger partial charge is 0.480 e. The molecule has 0 saturated carbocycles. The lowest BCUT2D eigenvalue weighted by Gasteiger charge is -2.23. The molecule has 0 radical (unpaired) electrons. The number of alkyl halides is 1. The van der Waals surface area contributed by atoms with Gasteiger partial charge in [-0.05, 0) is 6.42 Å². The minimum absolute atomic E-state index is 0.176. The van der Waals surface area contributed by atoms with E-state index in [1.54, 1.807) is 6.92 Å². The molecule has 0 aromatic carbocycles. The molecule has 1 rings (SSSR count). The molecule has 1 aromatic rings. The normalized spacial score (nSPS) is 14.5. The monoisotopic (exact) mass is 517 g/mol. The Bertz CT molecular complexity index is 804. The van der Waals surface area contributed by atoms with Crippen LogP contribution >= 0.6 is 15.9 Å². The van der Waals surface area contributed by atoms with E-state index in [0.717, 1.165) is 0 Å². The van der Waals surface area contributed by atoms with Gasteiger partial charge in [0, 0.05) is 31.3 Å². The van der Waals surface area contributed by atoms with Crippen LogP contribution in [-0.4, -0.2) is 74.2 Å². The second-order valence-electron chi connectivity index (χ2n) is 7.02. The van der Waals surface area contributed by atoms with Crippen molar-refractivity contribution in [3.63, 3.8) is 0 Å². The summed E-state index contributed by atoms with van der Waals surface area (Å²) < 4.78 is 0. The van der Waals surface area contributed by atoms with Gasteiger partial charge in [0.1, 0.15) is 16.9 Å². The fourth-order valence-corrected chi connectivity index (χ4v) is 3.10. The average molecular weight is 518 g/mol. The first kappa shape index (κ1) is 27.0. The Morgan fingerprint density at radius 2 is 1.81 bits per heavy atom. The van der Waals surface area contributed by atoms with Gasteiger partial charge in [0.15, 0.2) is 0 Å². The van der Waals surface area contributed by atoms with Gasteiger partial charge in [-0.1, -0.05) is 29.3 Å². The molecule has 4 amide bonds. The summed E-state index contributed by atoms with van der Waals surface area (Å²) in [6.45, 7) is 1.35. The summed E-state index contributed by atoms with van der Waals surface area (Å²) in [4.78, 5) is 65.1. The maximum absolute atomic E-state index is 12.6. The van der Waals surface area contributed by atoms with E-state index in [-0.39, 0.29) is 19.3 Å². The zero-order valence-electron chi connectivity index (χ0n) is 17.5. The third kappa shape index (κ3) is 9.43. The van der Waals surface area contributed by atoms with E-state index >= 15 is 0 Å². The lowest BCUT2D eigenvalue weighted by Crippen LogP contribution is -2.57. The Kier molecular flexibility index (Phi) is 11.3. The number of carbonyl (C=O) groups is 5. The van der Waals surface area contributed by atoms with Crippen LogP contribution in [0, 0.1) is 0 Å². The number of nitrogens with zero attached hydrogens (tertiary/aromatic N) is 1. The number of aliphatic carboxylic acids is 1. The van der Waals surface area contributed by atoms with Gasteiger partial charge in [0.2, 0.25) is 23.6 Å². The molecule has 1 aromatic heterocycles. The van der Waals surface area contributed by atoms with Crippen molar-refractivity contribution in [1.82, 2.24) is 25.9 Å². The van der Waals surface area contributed by atoms with Gasteiger partial charge >= 0.3 is 5.97 Å². The molecular formula is C18H28BrN7O6. The van der Waals surface area contributed by atoms with E-state index in [2.05, 4.69) is 41.8 Å². The second-order valence-corrected chi connectivity index (χ2v) is 8.13. The number of primary amides is 1. The molecule has 0 bridgehead atoms. The van der Waals surface area contributed by atoms with Gasteiger partial charge in [0.25, 0.3) is 0 Å². The molecular weight excluding hydrogens is 490 g/mol. The molecule has 4 atom stereocenters. The van der Waals surface area contributed by atoms with E-state index in [1.165, 1.54) is 12.5 Å². The topological polar surface area (TPSA) is 222 Å². The van der Waals surface area contributed by atoms with Crippen LogP contribution in [0.5, 0.6) is 0 Å². The number of H-pyrrole nitrogens is 1. The fourth-order valence-electron chi connectivity index (χ4n) is 2.62. The number of imidazole rings is 1. The molecule has 0 fully saturated rings. The number of aromatic nitrogens is 2. The number of carboxylic acids is 1. The molecule has 0 saturated heterocycles. The highest BCUT2D eigenvalue weighted by Gasteiger charge is 2.28. The van der Waals surface area contributed by atoms with Crippen molar-refractivity contribution >= 4 is 45.5 Å². The predicted octanol–water partition coefficient (Wildman–Crippen LogP) is -2.11. The number of nitrogens with one attached hydrogen (secondary N) is 4. The van der Waals surface area contributed by atoms with Crippen LogP contribution in [0.2, 0.25) is 0 Å². The number of carboxylic acid groups (broad SMARTS) is 1. The van der Waals surface area contributed by atoms with Crippen LogP contribution in [0.25, 0.3) is 0 Å². The third-order valence-electron chi connectivity index (χ3n) is 4.30. The molecule has 0 aliphatic rings. The predicted molar refractivity (Wildman–Crippen MR) is 116 cm³/mol. The minimum atomic E-state index is -1.46. The summed E-state index contributed by atoms with van der Waals surface area (Å²) in [5, 5.41) is 16.5. The molecule has 0 aliphatic heterocycles. The van der Waals surface area contributed by atoms with Crippen molar-refractivity contribution < 1.29 is 29.1 Å². The highest BCUT2D eigenvalue weighted by atomic mass is 79.9. The Labute approximate surface area is 192 Å². The molecule has 9 N–H and O–H groups in total. The third-order valence-corrected chi connectivity index (χ3v) is 5.04. The van der Waals surface area contributed by atoms with Crippen molar-refractivity contribution in [2.24, 2.45) is 11.5 Å². The zero-order valence-corrected chi connectivity index (χ0v) is 19.1. The minimum Gasteiger partial charge on any atom is -0.480 e. The molecule has 32 heavy (non-hydrogen) atoms. The molecule has 0 aliphatic carbocycles. The maximum Gasteiger partial charge on any atom is 0.328 e. The smallest absolute Gasteiger partial charge is 0.328 e. The van der Waals surface area contributed by atoms with Crippen LogP contribution in [0.1, 0.15) is 31.9 Å². The first-order valence-electron chi connectivity index (χ1n) is 9.81. The summed E-state index contributed by atoms with van der Waals surface area (Å²) in [6, 6.07) is -3.43. The van der Waals surface area contributed by atoms with Crippen LogP contribution in [0.15, 0.2) is 12.5 Å². The van der Waals surface area contributed by atoms with Crippen LogP contribution in [0.4, 0.5) is 0 Å². The number of aromatic amines is 1. The van der Waals surface area contributed by atoms with Crippen molar-refractivity contribution in [3.8, 4) is 0 Å². The van der Waals surface area contributed by atoms with E-state index < -0.39 is 59.1 Å². The summed E-state index contributed by atoms with van der Waals surface area (Å²) in [5.41, 5.74) is 11.5. The van der Waals surface area contributed by atoms with E-state index in [1.807, 2.05) is 0 Å². The summed E-state index contributed by atoms with van der Waals surface area (Å²) in [7, 11) is 0. The van der Waals surface area contributed by atoms with Crippen LogP contribution in [0.3, 0.4) is 0 Å². The van der Waals surface area contributed by atoms with Gasteiger partial charge in [-0.3, -0.25) is 19.2 Å². The van der Waals surface area contributed by atoms with Crippen LogP contribution < -0.4 is 27.4 Å². The quantitative estimate of drug-likeness (QED) is 0.135. The number of halogens is 1. The lowest BCUT2D eigenvalue weighted by atomic mass is 10.1. The molecule has 13 nitrogen and oxygen atoms in total. The summed E-state index contributed by atoms with van der Waals surface area (Å²) in [6.07, 6.45) is 3.64. The Morgan fingerprint density at radius 1 is 1.16 bits per heavy atom. The van der Waals surface area contributed by atoms with Gasteiger partial charge in [-0.2, -0.15) is 0 Å². The summed E-state index contributed by atoms with van der Waals surface area (Å²) in [5.74, 6) is -4.08. The second kappa shape index (κ2) is 13.4. The van der Waals surface area contributed by atoms with Gasteiger partial charge < -0.3 is 37.5 Å². The van der Waals surface area contributed by atoms with E-state index in [4.69, 9.17) is 11.5 Å². The number of nitrogens with two attached hydrogens (primary N) is 2. The van der Waals surface area contributed by atoms with Crippen molar-refractivity contribution in [1.29, 1.82) is 0 Å². The molecule has 14 heteroatoms. The molecule has 1 heterocycles. The van der Waals surface area contributed by atoms with E-state index in [0.29, 0.717) is 12.1 Å². The van der Waals surface area contributed by atoms with Crippen molar-refractivity contribution in [3.05, 3.63) is 18.2 Å². The first-order chi connectivity index (χ1) is 15.0. The standard InChI is InChI=1S/C18H28BrN7O6/c1-2-3-12(25-16(29)11(20)4-9-6-22-8-24-9)17(30)26-13(18(31)32)7-23-15(28)10(19)5-14(21)27/h6,8,10-13H,2-5,7,20H2,1H3,(H2,21,27)(H,22,24)(H,23,28)(H,25,29)(H,26,30)(H,31,32)/t10-,11-,12-,13-/m0/s1. The number of amides is 4. The first-order valence-corrected chi connectivity index (χ1v) is 10.7. The Morgan fingerprint density at radius 3 is 2.34 bits per heavy atom. The SMILES string of the molecule is CCC[C@H](NC(=O)[C@@H](N)Cc1cnc[nH]1)C(=O)N[C@@H](CNC(=O)[C@@H](Br)CC(N)=O)C(=O)O. The van der Waals surface area contributed by atoms with E-state index in [9.17, 15) is 29.1 Å². The number of carbonyl (C=O) groups excluding carboxylic acids is 4. The number of hydrogen-bond acceptors (Lipinski definition) is 7. The summed E-state index contributed by atoms with van der Waals surface area (Å²) >= 11 is 2.97. The maximum atomic E-state index is 12.6. The highest BCUT2D eigenvalue weighted by molar-refractivity contribution is 9.10. The molecule has 0 unspecified atom stereocenters. The van der Waals surface area contributed by atoms with Crippen molar-refractivity contribution in [2.75, 3.05) is 6.54 Å². The van der Waals surface area contributed by atoms with Gasteiger partial charge in [-0.25, -0.2) is 9.78 Å².